The Labute approximate surface area is 165 Å². The summed E-state index contributed by atoms with van der Waals surface area (Å²) in [7, 11) is 1.84. The van der Waals surface area contributed by atoms with E-state index in [1.165, 1.54) is 0 Å². The molecular weight excluding hydrogens is 342 g/mol. The maximum absolute atomic E-state index is 12.6. The van der Waals surface area contributed by atoms with Crippen LogP contribution in [-0.2, 0) is 9.53 Å². The maximum atomic E-state index is 12.6. The van der Waals surface area contributed by atoms with Gasteiger partial charge in [0.1, 0.15) is 0 Å². The van der Waals surface area contributed by atoms with Crippen molar-refractivity contribution in [3.05, 3.63) is 0 Å². The first-order chi connectivity index (χ1) is 13.0. The normalized spacial score (nSPS) is 20.4. The van der Waals surface area contributed by atoms with Crippen molar-refractivity contribution in [1.82, 2.24) is 20.0 Å². The molecule has 2 saturated heterocycles. The largest absolute Gasteiger partial charge is 0.381 e. The van der Waals surface area contributed by atoms with Crippen LogP contribution in [0.4, 0.5) is 0 Å². The predicted octanol–water partition coefficient (Wildman–Crippen LogP) is 1.25. The van der Waals surface area contributed by atoms with Gasteiger partial charge in [0.25, 0.3) is 0 Å². The van der Waals surface area contributed by atoms with Crippen LogP contribution in [-0.4, -0.2) is 98.7 Å². The van der Waals surface area contributed by atoms with E-state index in [9.17, 15) is 4.79 Å². The van der Waals surface area contributed by atoms with Gasteiger partial charge in [0.2, 0.25) is 5.91 Å². The van der Waals surface area contributed by atoms with Crippen LogP contribution in [0.3, 0.4) is 0 Å². The lowest BCUT2D eigenvalue weighted by Crippen LogP contribution is -2.57. The standard InChI is InChI=1S/C20H39N5O2/c1-17(2)16-27-15-7-8-22-20(21-4)25-13-11-23(12-14-25)18(3)19(26)24-9-5-6-10-24/h17-18H,5-16H2,1-4H3,(H,21,22). The number of piperazine rings is 1. The van der Waals surface area contributed by atoms with Gasteiger partial charge in [0, 0.05) is 66.1 Å². The molecule has 2 aliphatic heterocycles. The lowest BCUT2D eigenvalue weighted by Gasteiger charge is -2.39. The molecule has 2 heterocycles. The van der Waals surface area contributed by atoms with Crippen molar-refractivity contribution in [1.29, 1.82) is 0 Å². The number of rotatable bonds is 8. The van der Waals surface area contributed by atoms with Crippen LogP contribution in [0, 0.1) is 5.92 Å². The molecule has 0 bridgehead atoms. The fourth-order valence-corrected chi connectivity index (χ4v) is 3.70. The lowest BCUT2D eigenvalue weighted by molar-refractivity contribution is -0.135. The van der Waals surface area contributed by atoms with Gasteiger partial charge in [-0.1, -0.05) is 13.8 Å². The molecule has 156 valence electrons. The van der Waals surface area contributed by atoms with E-state index in [1.54, 1.807) is 0 Å². The van der Waals surface area contributed by atoms with E-state index in [-0.39, 0.29) is 6.04 Å². The Kier molecular flexibility index (Phi) is 9.34. The summed E-state index contributed by atoms with van der Waals surface area (Å²) >= 11 is 0. The molecule has 1 amide bonds. The average molecular weight is 382 g/mol. The van der Waals surface area contributed by atoms with E-state index in [1.807, 2.05) is 11.9 Å². The average Bonchev–Trinajstić information content (AvgIpc) is 3.21. The Bertz CT molecular complexity index is 469. The van der Waals surface area contributed by atoms with Gasteiger partial charge in [-0.3, -0.25) is 14.7 Å². The van der Waals surface area contributed by atoms with Crippen molar-refractivity contribution < 1.29 is 9.53 Å². The monoisotopic (exact) mass is 381 g/mol. The Morgan fingerprint density at radius 3 is 2.30 bits per heavy atom. The molecular formula is C20H39N5O2. The van der Waals surface area contributed by atoms with Gasteiger partial charge in [0.15, 0.2) is 5.96 Å². The van der Waals surface area contributed by atoms with Gasteiger partial charge < -0.3 is 19.9 Å². The summed E-state index contributed by atoms with van der Waals surface area (Å²) in [6, 6.07) is -0.0154. The first kappa shape index (κ1) is 22.0. The molecule has 0 saturated carbocycles. The molecule has 7 heteroatoms. The smallest absolute Gasteiger partial charge is 0.239 e. The highest BCUT2D eigenvalue weighted by Gasteiger charge is 2.30. The fourth-order valence-electron chi connectivity index (χ4n) is 3.70. The second kappa shape index (κ2) is 11.5. The van der Waals surface area contributed by atoms with Crippen molar-refractivity contribution in [2.24, 2.45) is 10.9 Å². The molecule has 2 rings (SSSR count). The molecule has 0 aromatic rings. The van der Waals surface area contributed by atoms with Crippen LogP contribution >= 0.6 is 0 Å². The number of amides is 1. The van der Waals surface area contributed by atoms with Gasteiger partial charge in [0.05, 0.1) is 6.04 Å². The highest BCUT2D eigenvalue weighted by molar-refractivity contribution is 5.82. The molecule has 2 fully saturated rings. The minimum Gasteiger partial charge on any atom is -0.381 e. The van der Waals surface area contributed by atoms with Gasteiger partial charge in [-0.2, -0.15) is 0 Å². The van der Waals surface area contributed by atoms with Crippen LogP contribution in [0.5, 0.6) is 0 Å². The molecule has 7 nitrogen and oxygen atoms in total. The number of nitrogens with one attached hydrogen (secondary N) is 1. The van der Waals surface area contributed by atoms with E-state index >= 15 is 0 Å². The summed E-state index contributed by atoms with van der Waals surface area (Å²) in [6.07, 6.45) is 3.28. The summed E-state index contributed by atoms with van der Waals surface area (Å²) in [5.74, 6) is 1.84. The molecule has 0 aliphatic carbocycles. The third-order valence-corrected chi connectivity index (χ3v) is 5.35. The van der Waals surface area contributed by atoms with Gasteiger partial charge >= 0.3 is 0 Å². The van der Waals surface area contributed by atoms with Crippen LogP contribution < -0.4 is 5.32 Å². The molecule has 27 heavy (non-hydrogen) atoms. The molecule has 0 aromatic heterocycles. The Morgan fingerprint density at radius 1 is 1.04 bits per heavy atom. The second-order valence-corrected chi connectivity index (χ2v) is 8.03. The summed E-state index contributed by atoms with van der Waals surface area (Å²) in [5, 5.41) is 3.44. The number of nitrogens with zero attached hydrogens (tertiary/aromatic N) is 4. The zero-order chi connectivity index (χ0) is 19.6. The van der Waals surface area contributed by atoms with Crippen molar-refractivity contribution in [2.45, 2.75) is 46.1 Å². The molecule has 1 N–H and O–H groups in total. The highest BCUT2D eigenvalue weighted by Crippen LogP contribution is 2.14. The van der Waals surface area contributed by atoms with E-state index in [0.717, 1.165) is 84.2 Å². The quantitative estimate of drug-likeness (QED) is 0.390. The molecule has 0 aromatic carbocycles. The van der Waals surface area contributed by atoms with Gasteiger partial charge in [-0.15, -0.1) is 0 Å². The van der Waals surface area contributed by atoms with E-state index < -0.39 is 0 Å². The van der Waals surface area contributed by atoms with Crippen molar-refractivity contribution in [2.75, 3.05) is 66.1 Å². The number of guanidine groups is 1. The molecule has 1 atom stereocenters. The third-order valence-electron chi connectivity index (χ3n) is 5.35. The maximum Gasteiger partial charge on any atom is 0.239 e. The summed E-state index contributed by atoms with van der Waals surface area (Å²) < 4.78 is 5.62. The van der Waals surface area contributed by atoms with E-state index in [2.05, 4.69) is 40.9 Å². The zero-order valence-corrected chi connectivity index (χ0v) is 17.7. The minimum absolute atomic E-state index is 0.0154. The van der Waals surface area contributed by atoms with E-state index in [0.29, 0.717) is 11.8 Å². The van der Waals surface area contributed by atoms with Crippen LogP contribution in [0.1, 0.15) is 40.0 Å². The third kappa shape index (κ3) is 6.96. The van der Waals surface area contributed by atoms with Crippen LogP contribution in [0.15, 0.2) is 4.99 Å². The number of hydrogen-bond donors (Lipinski definition) is 1. The van der Waals surface area contributed by atoms with Crippen molar-refractivity contribution in [3.8, 4) is 0 Å². The summed E-state index contributed by atoms with van der Waals surface area (Å²) in [5.41, 5.74) is 0. The predicted molar refractivity (Wildman–Crippen MR) is 110 cm³/mol. The van der Waals surface area contributed by atoms with Crippen LogP contribution in [0.25, 0.3) is 0 Å². The first-order valence-corrected chi connectivity index (χ1v) is 10.6. The highest BCUT2D eigenvalue weighted by atomic mass is 16.5. The number of likely N-dealkylation sites (tertiary alicyclic amines) is 1. The Hall–Kier alpha value is -1.34. The Morgan fingerprint density at radius 2 is 1.70 bits per heavy atom. The first-order valence-electron chi connectivity index (χ1n) is 10.6. The number of aliphatic imine (C=N–C) groups is 1. The number of carbonyl (C=O) groups is 1. The SMILES string of the molecule is CN=C(NCCCOCC(C)C)N1CCN(C(C)C(=O)N2CCCC2)CC1. The Balaban J connectivity index is 1.67. The summed E-state index contributed by atoms with van der Waals surface area (Å²) in [6.45, 7) is 14.3. The minimum atomic E-state index is -0.0154. The van der Waals surface area contributed by atoms with Gasteiger partial charge in [-0.05, 0) is 32.1 Å². The number of carbonyl (C=O) groups excluding carboxylic acids is 1. The molecule has 0 spiro atoms. The van der Waals surface area contributed by atoms with E-state index in [4.69, 9.17) is 4.74 Å². The molecule has 0 radical (unpaired) electrons. The number of ether oxygens (including phenoxy) is 1. The number of hydrogen-bond acceptors (Lipinski definition) is 4. The van der Waals surface area contributed by atoms with Gasteiger partial charge in [-0.25, -0.2) is 0 Å². The van der Waals surface area contributed by atoms with Crippen molar-refractivity contribution in [3.63, 3.8) is 0 Å². The van der Waals surface area contributed by atoms with Crippen molar-refractivity contribution >= 4 is 11.9 Å². The van der Waals surface area contributed by atoms with Crippen LogP contribution in [0.2, 0.25) is 0 Å². The fraction of sp³-hybridized carbons (Fsp3) is 0.900. The topological polar surface area (TPSA) is 60.4 Å². The molecule has 1 unspecified atom stereocenters. The second-order valence-electron chi connectivity index (χ2n) is 8.03. The molecule has 2 aliphatic rings. The zero-order valence-electron chi connectivity index (χ0n) is 17.7. The summed E-state index contributed by atoms with van der Waals surface area (Å²) in [4.78, 5) is 23.7. The lowest BCUT2D eigenvalue weighted by atomic mass is 10.2.